The molecule has 0 amide bonds. The lowest BCUT2D eigenvalue weighted by Crippen LogP contribution is -2.61. The van der Waals surface area contributed by atoms with E-state index >= 15 is 0 Å². The fraction of sp³-hybridized carbons (Fsp3) is 1.00. The van der Waals surface area contributed by atoms with Gasteiger partial charge >= 0.3 is 0 Å². The number of morpholine rings is 1. The minimum atomic E-state index is 0.319. The van der Waals surface area contributed by atoms with E-state index in [0.717, 1.165) is 13.2 Å². The van der Waals surface area contributed by atoms with E-state index in [-0.39, 0.29) is 0 Å². The highest BCUT2D eigenvalue weighted by Crippen LogP contribution is 2.33. The first kappa shape index (κ1) is 9.47. The molecule has 13 heavy (non-hydrogen) atoms. The van der Waals surface area contributed by atoms with Gasteiger partial charge in [0.05, 0.1) is 13.2 Å². The summed E-state index contributed by atoms with van der Waals surface area (Å²) in [5, 5.41) is 0. The molecular weight excluding hydrogens is 162 g/mol. The van der Waals surface area contributed by atoms with Crippen LogP contribution < -0.4 is 0 Å². The first-order valence-electron chi connectivity index (χ1n) is 5.45. The van der Waals surface area contributed by atoms with Gasteiger partial charge in [-0.25, -0.2) is 0 Å². The van der Waals surface area contributed by atoms with E-state index in [0.29, 0.717) is 17.6 Å². The highest BCUT2D eigenvalue weighted by Gasteiger charge is 2.40. The molecule has 0 saturated carbocycles. The standard InChI is InChI=1S/C11H21NO/c1-11(2,3)12-9-5-4-6-10(12)8-13-7-9/h9-10H,4-8H2,1-3H3. The maximum absolute atomic E-state index is 5.62. The Balaban J connectivity index is 2.15. The highest BCUT2D eigenvalue weighted by atomic mass is 16.5. The van der Waals surface area contributed by atoms with Gasteiger partial charge in [-0.05, 0) is 33.6 Å². The molecule has 2 nitrogen and oxygen atoms in total. The molecule has 0 aromatic rings. The van der Waals surface area contributed by atoms with Crippen molar-refractivity contribution >= 4 is 0 Å². The van der Waals surface area contributed by atoms with E-state index in [1.165, 1.54) is 19.3 Å². The molecule has 2 heteroatoms. The van der Waals surface area contributed by atoms with Gasteiger partial charge in [0.15, 0.2) is 0 Å². The third kappa shape index (κ3) is 1.75. The summed E-state index contributed by atoms with van der Waals surface area (Å²) in [5.74, 6) is 0. The third-order valence-electron chi connectivity index (χ3n) is 3.26. The molecule has 2 heterocycles. The fourth-order valence-corrected chi connectivity index (χ4v) is 2.93. The molecule has 0 radical (unpaired) electrons. The summed E-state index contributed by atoms with van der Waals surface area (Å²) in [7, 11) is 0. The number of ether oxygens (including phenoxy) is 1. The van der Waals surface area contributed by atoms with Crippen LogP contribution in [0.4, 0.5) is 0 Å². The largest absolute Gasteiger partial charge is 0.378 e. The summed E-state index contributed by atoms with van der Waals surface area (Å²) in [6.45, 7) is 8.87. The molecule has 0 aromatic heterocycles. The average Bonchev–Trinajstić information content (AvgIpc) is 2.01. The molecule has 2 unspecified atom stereocenters. The van der Waals surface area contributed by atoms with Crippen LogP contribution in [0.1, 0.15) is 40.0 Å². The Hall–Kier alpha value is -0.0800. The van der Waals surface area contributed by atoms with Gasteiger partial charge in [0.25, 0.3) is 0 Å². The van der Waals surface area contributed by atoms with Crippen LogP contribution >= 0.6 is 0 Å². The van der Waals surface area contributed by atoms with Gasteiger partial charge < -0.3 is 4.74 Å². The maximum Gasteiger partial charge on any atom is 0.0622 e. The summed E-state index contributed by atoms with van der Waals surface area (Å²) >= 11 is 0. The summed E-state index contributed by atoms with van der Waals surface area (Å²) in [6, 6.07) is 1.37. The van der Waals surface area contributed by atoms with E-state index < -0.39 is 0 Å². The lowest BCUT2D eigenvalue weighted by molar-refractivity contribution is -0.112. The molecule has 2 atom stereocenters. The quantitative estimate of drug-likeness (QED) is 0.570. The summed E-state index contributed by atoms with van der Waals surface area (Å²) in [6.07, 6.45) is 4.05. The molecule has 2 aliphatic rings. The van der Waals surface area contributed by atoms with Crippen LogP contribution in [0.25, 0.3) is 0 Å². The third-order valence-corrected chi connectivity index (χ3v) is 3.26. The second-order valence-corrected chi connectivity index (χ2v) is 5.35. The van der Waals surface area contributed by atoms with Crippen molar-refractivity contribution in [3.8, 4) is 0 Å². The maximum atomic E-state index is 5.62. The minimum Gasteiger partial charge on any atom is -0.378 e. The Bertz CT molecular complexity index is 163. The van der Waals surface area contributed by atoms with E-state index in [2.05, 4.69) is 25.7 Å². The molecule has 2 rings (SSSR count). The molecular formula is C11H21NO. The summed E-state index contributed by atoms with van der Waals surface area (Å²) in [5.41, 5.74) is 0.319. The predicted molar refractivity (Wildman–Crippen MR) is 53.8 cm³/mol. The molecule has 0 N–H and O–H groups in total. The second kappa shape index (κ2) is 3.25. The van der Waals surface area contributed by atoms with Crippen molar-refractivity contribution in [1.29, 1.82) is 0 Å². The normalized spacial score (nSPS) is 36.2. The highest BCUT2D eigenvalue weighted by molar-refractivity contribution is 4.94. The fourth-order valence-electron chi connectivity index (χ4n) is 2.93. The van der Waals surface area contributed by atoms with Gasteiger partial charge in [-0.15, -0.1) is 0 Å². The van der Waals surface area contributed by atoms with Crippen molar-refractivity contribution in [2.45, 2.75) is 57.7 Å². The van der Waals surface area contributed by atoms with Gasteiger partial charge in [0.2, 0.25) is 0 Å². The lowest BCUT2D eigenvalue weighted by Gasteiger charge is -2.52. The SMILES string of the molecule is CC(C)(C)N1C2CCCC1COC2. The predicted octanol–water partition coefficient (Wildman–Crippen LogP) is 2.04. The zero-order chi connectivity index (χ0) is 9.47. The smallest absolute Gasteiger partial charge is 0.0622 e. The van der Waals surface area contributed by atoms with Gasteiger partial charge in [-0.2, -0.15) is 0 Å². The molecule has 0 aromatic carbocycles. The topological polar surface area (TPSA) is 12.5 Å². The molecule has 76 valence electrons. The molecule has 2 saturated heterocycles. The Morgan fingerprint density at radius 1 is 1.08 bits per heavy atom. The lowest BCUT2D eigenvalue weighted by atomic mass is 9.88. The Kier molecular flexibility index (Phi) is 2.37. The molecule has 0 spiro atoms. The summed E-state index contributed by atoms with van der Waals surface area (Å²) < 4.78 is 5.62. The Morgan fingerprint density at radius 3 is 2.00 bits per heavy atom. The first-order valence-corrected chi connectivity index (χ1v) is 5.45. The van der Waals surface area contributed by atoms with E-state index in [9.17, 15) is 0 Å². The van der Waals surface area contributed by atoms with Crippen LogP contribution in [0.2, 0.25) is 0 Å². The zero-order valence-electron chi connectivity index (χ0n) is 9.05. The molecule has 2 aliphatic heterocycles. The Labute approximate surface area is 81.3 Å². The summed E-state index contributed by atoms with van der Waals surface area (Å²) in [4.78, 5) is 2.68. The van der Waals surface area contributed by atoms with Crippen LogP contribution in [0, 0.1) is 0 Å². The minimum absolute atomic E-state index is 0.319. The van der Waals surface area contributed by atoms with Crippen molar-refractivity contribution in [2.24, 2.45) is 0 Å². The number of rotatable bonds is 0. The van der Waals surface area contributed by atoms with E-state index in [1.807, 2.05) is 0 Å². The van der Waals surface area contributed by atoms with Gasteiger partial charge in [0, 0.05) is 17.6 Å². The van der Waals surface area contributed by atoms with E-state index in [4.69, 9.17) is 4.74 Å². The van der Waals surface area contributed by atoms with Crippen molar-refractivity contribution < 1.29 is 4.74 Å². The number of hydrogen-bond acceptors (Lipinski definition) is 2. The van der Waals surface area contributed by atoms with Gasteiger partial charge in [-0.3, -0.25) is 4.90 Å². The monoisotopic (exact) mass is 183 g/mol. The molecule has 2 bridgehead atoms. The van der Waals surface area contributed by atoms with Crippen LogP contribution in [-0.2, 0) is 4.74 Å². The van der Waals surface area contributed by atoms with Crippen LogP contribution in [0.15, 0.2) is 0 Å². The zero-order valence-corrected chi connectivity index (χ0v) is 9.05. The van der Waals surface area contributed by atoms with Crippen molar-refractivity contribution in [2.75, 3.05) is 13.2 Å². The number of fused-ring (bicyclic) bond motifs is 2. The van der Waals surface area contributed by atoms with Crippen LogP contribution in [0.5, 0.6) is 0 Å². The van der Waals surface area contributed by atoms with Crippen molar-refractivity contribution in [3.63, 3.8) is 0 Å². The second-order valence-electron chi connectivity index (χ2n) is 5.35. The van der Waals surface area contributed by atoms with E-state index in [1.54, 1.807) is 0 Å². The van der Waals surface area contributed by atoms with Crippen LogP contribution in [-0.4, -0.2) is 35.7 Å². The number of nitrogens with zero attached hydrogens (tertiary/aromatic N) is 1. The number of hydrogen-bond donors (Lipinski definition) is 0. The van der Waals surface area contributed by atoms with Gasteiger partial charge in [-0.1, -0.05) is 6.42 Å². The molecule has 2 fully saturated rings. The van der Waals surface area contributed by atoms with Crippen molar-refractivity contribution in [1.82, 2.24) is 4.90 Å². The number of piperidine rings is 1. The average molecular weight is 183 g/mol. The van der Waals surface area contributed by atoms with Crippen LogP contribution in [0.3, 0.4) is 0 Å². The van der Waals surface area contributed by atoms with Gasteiger partial charge in [0.1, 0.15) is 0 Å². The van der Waals surface area contributed by atoms with Crippen molar-refractivity contribution in [3.05, 3.63) is 0 Å². The molecule has 0 aliphatic carbocycles. The Morgan fingerprint density at radius 2 is 1.62 bits per heavy atom. The first-order chi connectivity index (χ1) is 6.09.